The Hall–Kier alpha value is -0.820. The molecule has 0 heterocycles. The average molecular weight is 257 g/mol. The maximum atomic E-state index is 11.7. The van der Waals surface area contributed by atoms with Gasteiger partial charge < -0.3 is 15.2 Å². The van der Waals surface area contributed by atoms with E-state index < -0.39 is 24.2 Å². The SMILES string of the molecule is CCC(C)(CO)NC(=O)CCOCC(F)(F)F. The number of ether oxygens (including phenoxy) is 1. The summed E-state index contributed by atoms with van der Waals surface area (Å²) in [6, 6.07) is 0. The molecule has 0 aliphatic rings. The fourth-order valence-electron chi connectivity index (χ4n) is 0.992. The van der Waals surface area contributed by atoms with Gasteiger partial charge in [0, 0.05) is 6.42 Å². The smallest absolute Gasteiger partial charge is 0.394 e. The van der Waals surface area contributed by atoms with Crippen LogP contribution in [0.4, 0.5) is 13.2 Å². The molecule has 0 aromatic rings. The average Bonchev–Trinajstić information content (AvgIpc) is 2.23. The summed E-state index contributed by atoms with van der Waals surface area (Å²) in [5.41, 5.74) is -0.735. The summed E-state index contributed by atoms with van der Waals surface area (Å²) in [6.45, 7) is 1.57. The molecule has 0 saturated carbocycles. The first kappa shape index (κ1) is 16.2. The molecule has 102 valence electrons. The number of rotatable bonds is 7. The van der Waals surface area contributed by atoms with Crippen LogP contribution in [0.3, 0.4) is 0 Å². The number of hydrogen-bond donors (Lipinski definition) is 2. The molecule has 0 aliphatic heterocycles. The largest absolute Gasteiger partial charge is 0.411 e. The van der Waals surface area contributed by atoms with Gasteiger partial charge in [-0.1, -0.05) is 6.92 Å². The minimum absolute atomic E-state index is 0.161. The van der Waals surface area contributed by atoms with Crippen molar-refractivity contribution < 1.29 is 27.8 Å². The van der Waals surface area contributed by atoms with E-state index in [4.69, 9.17) is 5.11 Å². The topological polar surface area (TPSA) is 58.6 Å². The first-order valence-corrected chi connectivity index (χ1v) is 5.29. The van der Waals surface area contributed by atoms with Gasteiger partial charge in [-0.3, -0.25) is 4.79 Å². The van der Waals surface area contributed by atoms with Gasteiger partial charge in [0.15, 0.2) is 0 Å². The lowest BCUT2D eigenvalue weighted by Gasteiger charge is -2.27. The van der Waals surface area contributed by atoms with E-state index in [0.717, 1.165) is 0 Å². The van der Waals surface area contributed by atoms with E-state index >= 15 is 0 Å². The van der Waals surface area contributed by atoms with Gasteiger partial charge in [0.05, 0.1) is 18.8 Å². The van der Waals surface area contributed by atoms with Crippen LogP contribution in [-0.4, -0.2) is 42.5 Å². The van der Waals surface area contributed by atoms with E-state index in [2.05, 4.69) is 10.1 Å². The van der Waals surface area contributed by atoms with E-state index in [0.29, 0.717) is 6.42 Å². The summed E-state index contributed by atoms with van der Waals surface area (Å²) in [6.07, 6.45) is -4.01. The fraction of sp³-hybridized carbons (Fsp3) is 0.900. The molecule has 0 spiro atoms. The fourth-order valence-corrected chi connectivity index (χ4v) is 0.992. The molecule has 17 heavy (non-hydrogen) atoms. The van der Waals surface area contributed by atoms with Gasteiger partial charge in [-0.05, 0) is 13.3 Å². The van der Waals surface area contributed by atoms with Gasteiger partial charge in [0.25, 0.3) is 0 Å². The molecular weight excluding hydrogens is 239 g/mol. The zero-order valence-corrected chi connectivity index (χ0v) is 9.93. The minimum atomic E-state index is -4.38. The summed E-state index contributed by atoms with van der Waals surface area (Å²) in [7, 11) is 0. The molecule has 0 aromatic carbocycles. The predicted molar refractivity (Wildman–Crippen MR) is 55.4 cm³/mol. The Morgan fingerprint density at radius 2 is 2.00 bits per heavy atom. The number of hydrogen-bond acceptors (Lipinski definition) is 3. The Morgan fingerprint density at radius 1 is 1.41 bits per heavy atom. The number of amides is 1. The molecule has 0 saturated heterocycles. The second kappa shape index (κ2) is 6.80. The third kappa shape index (κ3) is 7.98. The Morgan fingerprint density at radius 3 is 2.41 bits per heavy atom. The van der Waals surface area contributed by atoms with Crippen LogP contribution in [0.25, 0.3) is 0 Å². The number of aliphatic hydroxyl groups is 1. The lowest BCUT2D eigenvalue weighted by atomic mass is 10.0. The van der Waals surface area contributed by atoms with Gasteiger partial charge >= 0.3 is 6.18 Å². The highest BCUT2D eigenvalue weighted by Gasteiger charge is 2.27. The number of aliphatic hydroxyl groups excluding tert-OH is 1. The van der Waals surface area contributed by atoms with E-state index in [1.807, 2.05) is 0 Å². The summed E-state index contributed by atoms with van der Waals surface area (Å²) in [5, 5.41) is 11.6. The van der Waals surface area contributed by atoms with E-state index in [1.54, 1.807) is 13.8 Å². The zero-order chi connectivity index (χ0) is 13.5. The lowest BCUT2D eigenvalue weighted by Crippen LogP contribution is -2.48. The number of nitrogens with one attached hydrogen (secondary N) is 1. The Balaban J connectivity index is 3.81. The van der Waals surface area contributed by atoms with Crippen molar-refractivity contribution in [3.8, 4) is 0 Å². The Bertz CT molecular complexity index is 239. The maximum Gasteiger partial charge on any atom is 0.411 e. The lowest BCUT2D eigenvalue weighted by molar-refractivity contribution is -0.174. The molecule has 4 nitrogen and oxygen atoms in total. The number of halogens is 3. The van der Waals surface area contributed by atoms with Crippen LogP contribution in [0.2, 0.25) is 0 Å². The van der Waals surface area contributed by atoms with Gasteiger partial charge in [0.1, 0.15) is 6.61 Å². The standard InChI is InChI=1S/C10H18F3NO3/c1-3-9(2,6-15)14-8(16)4-5-17-7-10(11,12)13/h15H,3-7H2,1-2H3,(H,14,16). The van der Waals surface area contributed by atoms with E-state index in [9.17, 15) is 18.0 Å². The van der Waals surface area contributed by atoms with Crippen molar-refractivity contribution in [3.05, 3.63) is 0 Å². The van der Waals surface area contributed by atoms with Crippen LogP contribution in [0.5, 0.6) is 0 Å². The van der Waals surface area contributed by atoms with Crippen molar-refractivity contribution in [2.24, 2.45) is 0 Å². The molecule has 0 aromatic heterocycles. The zero-order valence-electron chi connectivity index (χ0n) is 9.93. The highest BCUT2D eigenvalue weighted by molar-refractivity contribution is 5.76. The van der Waals surface area contributed by atoms with Crippen molar-refractivity contribution in [1.82, 2.24) is 5.32 Å². The van der Waals surface area contributed by atoms with Crippen LogP contribution in [-0.2, 0) is 9.53 Å². The quantitative estimate of drug-likeness (QED) is 0.674. The molecule has 0 radical (unpaired) electrons. The molecule has 0 bridgehead atoms. The van der Waals surface area contributed by atoms with Crippen molar-refractivity contribution >= 4 is 5.91 Å². The van der Waals surface area contributed by atoms with Gasteiger partial charge in [-0.25, -0.2) is 0 Å². The van der Waals surface area contributed by atoms with Crippen LogP contribution in [0, 0.1) is 0 Å². The molecule has 0 fully saturated rings. The molecule has 1 atom stereocenters. The Labute approximate surface area is 98.1 Å². The van der Waals surface area contributed by atoms with Crippen molar-refractivity contribution in [2.75, 3.05) is 19.8 Å². The highest BCUT2D eigenvalue weighted by Crippen LogP contribution is 2.14. The second-order valence-electron chi connectivity index (χ2n) is 4.04. The molecule has 2 N–H and O–H groups in total. The third-order valence-corrected chi connectivity index (χ3v) is 2.31. The first-order chi connectivity index (χ1) is 7.72. The third-order valence-electron chi connectivity index (χ3n) is 2.31. The van der Waals surface area contributed by atoms with Gasteiger partial charge in [-0.15, -0.1) is 0 Å². The van der Waals surface area contributed by atoms with Crippen molar-refractivity contribution in [1.29, 1.82) is 0 Å². The van der Waals surface area contributed by atoms with Crippen molar-refractivity contribution in [2.45, 2.75) is 38.4 Å². The summed E-state index contributed by atoms with van der Waals surface area (Å²) >= 11 is 0. The monoisotopic (exact) mass is 257 g/mol. The minimum Gasteiger partial charge on any atom is -0.394 e. The first-order valence-electron chi connectivity index (χ1n) is 5.29. The molecule has 0 aliphatic carbocycles. The summed E-state index contributed by atoms with van der Waals surface area (Å²) in [4.78, 5) is 11.3. The van der Waals surface area contributed by atoms with E-state index in [-0.39, 0.29) is 19.6 Å². The maximum absolute atomic E-state index is 11.7. The molecule has 1 amide bonds. The summed E-state index contributed by atoms with van der Waals surface area (Å²) < 4.78 is 39.4. The van der Waals surface area contributed by atoms with Crippen LogP contribution in [0.1, 0.15) is 26.7 Å². The van der Waals surface area contributed by atoms with Crippen molar-refractivity contribution in [3.63, 3.8) is 0 Å². The normalized spacial score (nSPS) is 15.4. The second-order valence-corrected chi connectivity index (χ2v) is 4.04. The molecule has 7 heteroatoms. The van der Waals surface area contributed by atoms with Crippen LogP contribution < -0.4 is 5.32 Å². The molecular formula is C10H18F3NO3. The predicted octanol–water partition coefficient (Wildman–Crippen LogP) is 1.23. The van der Waals surface area contributed by atoms with Crippen LogP contribution in [0.15, 0.2) is 0 Å². The number of carbonyl (C=O) groups is 1. The Kier molecular flexibility index (Phi) is 6.48. The van der Waals surface area contributed by atoms with E-state index in [1.165, 1.54) is 0 Å². The molecule has 0 rings (SSSR count). The number of alkyl halides is 3. The van der Waals surface area contributed by atoms with Gasteiger partial charge in [0.2, 0.25) is 5.91 Å². The summed E-state index contributed by atoms with van der Waals surface area (Å²) in [5.74, 6) is -0.439. The molecule has 1 unspecified atom stereocenters. The highest BCUT2D eigenvalue weighted by atomic mass is 19.4. The van der Waals surface area contributed by atoms with Crippen LogP contribution >= 0.6 is 0 Å². The number of carbonyl (C=O) groups excluding carboxylic acids is 1. The van der Waals surface area contributed by atoms with Gasteiger partial charge in [-0.2, -0.15) is 13.2 Å².